The van der Waals surface area contributed by atoms with Crippen LogP contribution in [0.1, 0.15) is 31.0 Å². The number of amides is 1. The minimum atomic E-state index is -0.447. The Labute approximate surface area is 151 Å². The second kappa shape index (κ2) is 8.16. The molecule has 124 valence electrons. The van der Waals surface area contributed by atoms with Gasteiger partial charge in [-0.2, -0.15) is 5.26 Å². The second-order valence-corrected chi connectivity index (χ2v) is 6.30. The van der Waals surface area contributed by atoms with E-state index >= 15 is 0 Å². The van der Waals surface area contributed by atoms with Crippen molar-refractivity contribution in [2.45, 2.75) is 25.9 Å². The summed E-state index contributed by atoms with van der Waals surface area (Å²) in [6.45, 7) is 3.69. The van der Waals surface area contributed by atoms with E-state index in [4.69, 9.17) is 28.5 Å². The summed E-state index contributed by atoms with van der Waals surface area (Å²) in [6.07, 6.45) is 0. The Bertz CT molecular complexity index is 786. The van der Waals surface area contributed by atoms with Crippen LogP contribution < -0.4 is 10.6 Å². The van der Waals surface area contributed by atoms with Gasteiger partial charge in [0.1, 0.15) is 0 Å². The fourth-order valence-electron chi connectivity index (χ4n) is 2.31. The van der Waals surface area contributed by atoms with Crippen molar-refractivity contribution in [3.8, 4) is 6.07 Å². The lowest BCUT2D eigenvalue weighted by Crippen LogP contribution is -2.39. The molecule has 2 atom stereocenters. The van der Waals surface area contributed by atoms with E-state index in [0.717, 1.165) is 5.56 Å². The number of hydrogen-bond donors (Lipinski definition) is 2. The summed E-state index contributed by atoms with van der Waals surface area (Å²) in [7, 11) is 0. The first kappa shape index (κ1) is 18.3. The minimum absolute atomic E-state index is 0.124. The lowest BCUT2D eigenvalue weighted by atomic mass is 10.1. The van der Waals surface area contributed by atoms with Gasteiger partial charge in [0, 0.05) is 21.8 Å². The number of nitrogens with one attached hydrogen (secondary N) is 2. The van der Waals surface area contributed by atoms with Crippen molar-refractivity contribution in [1.29, 1.82) is 5.26 Å². The fourth-order valence-corrected chi connectivity index (χ4v) is 2.88. The second-order valence-electron chi connectivity index (χ2n) is 5.46. The van der Waals surface area contributed by atoms with Crippen LogP contribution in [-0.4, -0.2) is 11.9 Å². The Morgan fingerprint density at radius 2 is 1.92 bits per heavy atom. The van der Waals surface area contributed by atoms with Gasteiger partial charge in [0.25, 0.3) is 0 Å². The van der Waals surface area contributed by atoms with Crippen LogP contribution in [0.2, 0.25) is 10.0 Å². The highest BCUT2D eigenvalue weighted by molar-refractivity contribution is 6.35. The van der Waals surface area contributed by atoms with Crippen molar-refractivity contribution in [3.63, 3.8) is 0 Å². The van der Waals surface area contributed by atoms with Gasteiger partial charge in [-0.15, -0.1) is 0 Å². The topological polar surface area (TPSA) is 64.9 Å². The molecule has 2 N–H and O–H groups in total. The molecule has 4 nitrogen and oxygen atoms in total. The van der Waals surface area contributed by atoms with E-state index in [1.165, 1.54) is 0 Å². The van der Waals surface area contributed by atoms with E-state index in [1.807, 2.05) is 19.1 Å². The number of anilines is 1. The molecule has 0 saturated carbocycles. The first-order valence-electron chi connectivity index (χ1n) is 7.42. The number of halogens is 2. The Morgan fingerprint density at radius 3 is 2.58 bits per heavy atom. The number of carbonyl (C=O) groups excluding carboxylic acids is 1. The van der Waals surface area contributed by atoms with Gasteiger partial charge in [0.2, 0.25) is 5.91 Å². The summed E-state index contributed by atoms with van der Waals surface area (Å²) in [4.78, 5) is 12.3. The molecular formula is C18H17Cl2N3O. The molecule has 0 unspecified atom stereocenters. The van der Waals surface area contributed by atoms with Gasteiger partial charge in [-0.05, 0) is 49.7 Å². The van der Waals surface area contributed by atoms with E-state index in [0.29, 0.717) is 21.3 Å². The molecule has 2 aromatic carbocycles. The van der Waals surface area contributed by atoms with Crippen LogP contribution in [0.3, 0.4) is 0 Å². The lowest BCUT2D eigenvalue weighted by Gasteiger charge is -2.21. The summed E-state index contributed by atoms with van der Waals surface area (Å²) in [5.41, 5.74) is 1.95. The summed E-state index contributed by atoms with van der Waals surface area (Å²) in [5.74, 6) is -0.193. The SMILES string of the molecule is C[C@H](N[C@H](C)C(=O)Nc1cccc(C#N)c1)c1ccc(Cl)cc1Cl. The van der Waals surface area contributed by atoms with Gasteiger partial charge >= 0.3 is 0 Å². The third-order valence-corrected chi connectivity index (χ3v) is 4.14. The molecule has 0 aromatic heterocycles. The van der Waals surface area contributed by atoms with E-state index in [9.17, 15) is 4.79 Å². The van der Waals surface area contributed by atoms with E-state index in [2.05, 4.69) is 10.6 Å². The number of carbonyl (C=O) groups is 1. The molecule has 0 fully saturated rings. The molecule has 0 saturated heterocycles. The van der Waals surface area contributed by atoms with Gasteiger partial charge in [0.05, 0.1) is 17.7 Å². The first-order chi connectivity index (χ1) is 11.4. The summed E-state index contributed by atoms with van der Waals surface area (Å²) >= 11 is 12.1. The third-order valence-electron chi connectivity index (χ3n) is 3.58. The maximum Gasteiger partial charge on any atom is 0.241 e. The number of hydrogen-bond acceptors (Lipinski definition) is 3. The fraction of sp³-hybridized carbons (Fsp3) is 0.222. The third kappa shape index (κ3) is 4.72. The van der Waals surface area contributed by atoms with Crippen LogP contribution in [-0.2, 0) is 4.79 Å². The van der Waals surface area contributed by atoms with Crippen molar-refractivity contribution in [2.24, 2.45) is 0 Å². The molecule has 0 aliphatic rings. The van der Waals surface area contributed by atoms with Crippen LogP contribution >= 0.6 is 23.2 Å². The van der Waals surface area contributed by atoms with Crippen molar-refractivity contribution >= 4 is 34.8 Å². The standard InChI is InChI=1S/C18H17Cl2N3O/c1-11(16-7-6-14(19)9-17(16)20)22-12(2)18(24)23-15-5-3-4-13(8-15)10-21/h3-9,11-12,22H,1-2H3,(H,23,24)/t11-,12+/m0/s1. The maximum absolute atomic E-state index is 12.3. The zero-order chi connectivity index (χ0) is 17.7. The highest BCUT2D eigenvalue weighted by atomic mass is 35.5. The molecule has 0 heterocycles. The van der Waals surface area contributed by atoms with E-state index in [1.54, 1.807) is 43.3 Å². The molecule has 0 aliphatic heterocycles. The number of nitrogens with zero attached hydrogens (tertiary/aromatic N) is 1. The zero-order valence-corrected chi connectivity index (χ0v) is 14.8. The van der Waals surface area contributed by atoms with Crippen LogP contribution in [0.4, 0.5) is 5.69 Å². The number of nitriles is 1. The molecule has 2 rings (SSSR count). The molecule has 0 bridgehead atoms. The smallest absolute Gasteiger partial charge is 0.241 e. The first-order valence-corrected chi connectivity index (χ1v) is 8.18. The Morgan fingerprint density at radius 1 is 1.17 bits per heavy atom. The Hall–Kier alpha value is -2.06. The molecular weight excluding hydrogens is 345 g/mol. The lowest BCUT2D eigenvalue weighted by molar-refractivity contribution is -0.117. The van der Waals surface area contributed by atoms with Gasteiger partial charge in [-0.25, -0.2) is 0 Å². The Balaban J connectivity index is 2.01. The Kier molecular flexibility index (Phi) is 6.22. The van der Waals surface area contributed by atoms with E-state index in [-0.39, 0.29) is 11.9 Å². The van der Waals surface area contributed by atoms with Crippen molar-refractivity contribution in [2.75, 3.05) is 5.32 Å². The molecule has 0 radical (unpaired) electrons. The average molecular weight is 362 g/mol. The quantitative estimate of drug-likeness (QED) is 0.821. The van der Waals surface area contributed by atoms with Gasteiger partial charge in [0.15, 0.2) is 0 Å². The van der Waals surface area contributed by atoms with Crippen LogP contribution in [0.15, 0.2) is 42.5 Å². The highest BCUT2D eigenvalue weighted by Gasteiger charge is 2.18. The largest absolute Gasteiger partial charge is 0.325 e. The van der Waals surface area contributed by atoms with Gasteiger partial charge in [-0.1, -0.05) is 35.3 Å². The van der Waals surface area contributed by atoms with Gasteiger partial charge < -0.3 is 5.32 Å². The predicted octanol–water partition coefficient (Wildman–Crippen LogP) is 4.54. The van der Waals surface area contributed by atoms with Gasteiger partial charge in [-0.3, -0.25) is 10.1 Å². The van der Waals surface area contributed by atoms with Crippen LogP contribution in [0.5, 0.6) is 0 Å². The van der Waals surface area contributed by atoms with Crippen LogP contribution in [0.25, 0.3) is 0 Å². The van der Waals surface area contributed by atoms with E-state index < -0.39 is 6.04 Å². The van der Waals surface area contributed by atoms with Crippen molar-refractivity contribution in [3.05, 3.63) is 63.6 Å². The molecule has 6 heteroatoms. The highest BCUT2D eigenvalue weighted by Crippen LogP contribution is 2.26. The predicted molar refractivity (Wildman–Crippen MR) is 97.3 cm³/mol. The number of rotatable bonds is 5. The molecule has 1 amide bonds. The number of benzene rings is 2. The van der Waals surface area contributed by atoms with Crippen LogP contribution in [0, 0.1) is 11.3 Å². The van der Waals surface area contributed by atoms with Crippen molar-refractivity contribution < 1.29 is 4.79 Å². The normalized spacial score (nSPS) is 13.0. The minimum Gasteiger partial charge on any atom is -0.325 e. The van der Waals surface area contributed by atoms with Crippen molar-refractivity contribution in [1.82, 2.24) is 5.32 Å². The molecule has 0 aliphatic carbocycles. The zero-order valence-electron chi connectivity index (χ0n) is 13.3. The summed E-state index contributed by atoms with van der Waals surface area (Å²) < 4.78 is 0. The molecule has 24 heavy (non-hydrogen) atoms. The molecule has 2 aromatic rings. The maximum atomic E-state index is 12.3. The monoisotopic (exact) mass is 361 g/mol. The average Bonchev–Trinajstić information content (AvgIpc) is 2.54. The summed E-state index contributed by atoms with van der Waals surface area (Å²) in [6, 6.07) is 13.5. The summed E-state index contributed by atoms with van der Waals surface area (Å²) in [5, 5.41) is 16.0. The molecule has 0 spiro atoms.